The number of carboxylic acids is 1. The number of oxazole rings is 1. The highest BCUT2D eigenvalue weighted by Gasteiger charge is 2.46. The standard InChI is InChI=1S/C12H12N2O4/c15-11(16)12(5-17-6-12)4-13-8-1-2-9-10(3-8)18-7-14-9/h1-3,7,13H,4-6H2,(H,15,16). The van der Waals surface area contributed by atoms with Gasteiger partial charge < -0.3 is 19.6 Å². The van der Waals surface area contributed by atoms with Crippen molar-refractivity contribution in [2.24, 2.45) is 5.41 Å². The minimum Gasteiger partial charge on any atom is -0.481 e. The van der Waals surface area contributed by atoms with Gasteiger partial charge in [0.15, 0.2) is 12.0 Å². The molecule has 18 heavy (non-hydrogen) atoms. The number of benzene rings is 1. The van der Waals surface area contributed by atoms with Crippen LogP contribution >= 0.6 is 0 Å². The molecule has 1 aliphatic heterocycles. The van der Waals surface area contributed by atoms with Crippen LogP contribution in [0.3, 0.4) is 0 Å². The van der Waals surface area contributed by atoms with Gasteiger partial charge in [-0.2, -0.15) is 0 Å². The Kier molecular flexibility index (Phi) is 2.45. The van der Waals surface area contributed by atoms with E-state index >= 15 is 0 Å². The summed E-state index contributed by atoms with van der Waals surface area (Å²) in [4.78, 5) is 15.2. The van der Waals surface area contributed by atoms with E-state index in [1.165, 1.54) is 6.39 Å². The van der Waals surface area contributed by atoms with E-state index in [0.717, 1.165) is 11.2 Å². The monoisotopic (exact) mass is 248 g/mol. The van der Waals surface area contributed by atoms with Crippen LogP contribution in [0.1, 0.15) is 0 Å². The van der Waals surface area contributed by atoms with Crippen LogP contribution in [0.25, 0.3) is 11.1 Å². The van der Waals surface area contributed by atoms with Crippen LogP contribution in [0.15, 0.2) is 29.0 Å². The molecule has 0 saturated carbocycles. The SMILES string of the molecule is O=C(O)C1(CNc2ccc3ncoc3c2)COC1. The molecular weight excluding hydrogens is 236 g/mol. The lowest BCUT2D eigenvalue weighted by atomic mass is 9.86. The van der Waals surface area contributed by atoms with Crippen molar-refractivity contribution in [2.45, 2.75) is 0 Å². The predicted octanol–water partition coefficient (Wildman–Crippen LogP) is 1.34. The predicted molar refractivity (Wildman–Crippen MR) is 63.4 cm³/mol. The molecule has 1 aliphatic rings. The molecule has 0 spiro atoms. The zero-order valence-electron chi connectivity index (χ0n) is 9.55. The molecule has 1 aromatic heterocycles. The Morgan fingerprint density at radius 1 is 1.50 bits per heavy atom. The molecule has 0 atom stereocenters. The summed E-state index contributed by atoms with van der Waals surface area (Å²) in [6, 6.07) is 5.48. The molecule has 94 valence electrons. The van der Waals surface area contributed by atoms with E-state index < -0.39 is 11.4 Å². The van der Waals surface area contributed by atoms with Crippen LogP contribution in [0.4, 0.5) is 5.69 Å². The largest absolute Gasteiger partial charge is 0.481 e. The highest BCUT2D eigenvalue weighted by Crippen LogP contribution is 2.28. The van der Waals surface area contributed by atoms with Crippen molar-refractivity contribution in [1.82, 2.24) is 4.98 Å². The number of hydrogen-bond donors (Lipinski definition) is 2. The van der Waals surface area contributed by atoms with Gasteiger partial charge >= 0.3 is 5.97 Å². The molecule has 3 rings (SSSR count). The van der Waals surface area contributed by atoms with Crippen LogP contribution in [0, 0.1) is 5.41 Å². The van der Waals surface area contributed by atoms with Crippen molar-refractivity contribution >= 4 is 22.8 Å². The van der Waals surface area contributed by atoms with E-state index in [-0.39, 0.29) is 13.2 Å². The van der Waals surface area contributed by atoms with Gasteiger partial charge in [-0.3, -0.25) is 4.79 Å². The lowest BCUT2D eigenvalue weighted by molar-refractivity contribution is -0.176. The van der Waals surface area contributed by atoms with Gasteiger partial charge in [-0.25, -0.2) is 4.98 Å². The van der Waals surface area contributed by atoms with Gasteiger partial charge in [0.1, 0.15) is 10.9 Å². The summed E-state index contributed by atoms with van der Waals surface area (Å²) in [6.45, 7) is 0.835. The van der Waals surface area contributed by atoms with Crippen molar-refractivity contribution in [3.05, 3.63) is 24.6 Å². The van der Waals surface area contributed by atoms with E-state index in [1.54, 1.807) is 6.07 Å². The van der Waals surface area contributed by atoms with E-state index in [4.69, 9.17) is 14.3 Å². The first kappa shape index (κ1) is 11.0. The van der Waals surface area contributed by atoms with Crippen LogP contribution in [0.5, 0.6) is 0 Å². The van der Waals surface area contributed by atoms with Crippen LogP contribution in [-0.4, -0.2) is 35.8 Å². The van der Waals surface area contributed by atoms with Crippen molar-refractivity contribution in [3.8, 4) is 0 Å². The summed E-state index contributed by atoms with van der Waals surface area (Å²) in [5.74, 6) is -0.831. The first-order valence-electron chi connectivity index (χ1n) is 5.58. The third-order valence-electron chi connectivity index (χ3n) is 3.17. The quantitative estimate of drug-likeness (QED) is 0.849. The maximum atomic E-state index is 11.1. The Morgan fingerprint density at radius 2 is 2.33 bits per heavy atom. The summed E-state index contributed by atoms with van der Waals surface area (Å²) in [5.41, 5.74) is 1.46. The number of aromatic nitrogens is 1. The normalized spacial score (nSPS) is 17.3. The molecule has 1 aromatic carbocycles. The van der Waals surface area contributed by atoms with Crippen LogP contribution in [-0.2, 0) is 9.53 Å². The molecule has 1 fully saturated rings. The number of nitrogens with one attached hydrogen (secondary N) is 1. The van der Waals surface area contributed by atoms with Gasteiger partial charge in [0.05, 0.1) is 13.2 Å². The molecule has 2 N–H and O–H groups in total. The molecular formula is C12H12N2O4. The zero-order chi connectivity index (χ0) is 12.6. The number of rotatable bonds is 4. The summed E-state index contributed by atoms with van der Waals surface area (Å²) in [5, 5.41) is 12.3. The highest BCUT2D eigenvalue weighted by atomic mass is 16.5. The molecule has 1 saturated heterocycles. The minimum absolute atomic E-state index is 0.250. The van der Waals surface area contributed by atoms with Crippen molar-refractivity contribution < 1.29 is 19.1 Å². The number of anilines is 1. The minimum atomic E-state index is -0.831. The van der Waals surface area contributed by atoms with Crippen LogP contribution < -0.4 is 5.32 Å². The fourth-order valence-electron chi connectivity index (χ4n) is 1.89. The smallest absolute Gasteiger partial charge is 0.316 e. The van der Waals surface area contributed by atoms with Crippen molar-refractivity contribution in [1.29, 1.82) is 0 Å². The lowest BCUT2D eigenvalue weighted by Gasteiger charge is -2.37. The molecule has 0 aliphatic carbocycles. The Balaban J connectivity index is 1.74. The number of carbonyl (C=O) groups is 1. The van der Waals surface area contributed by atoms with E-state index in [1.807, 2.05) is 12.1 Å². The first-order valence-corrected chi connectivity index (χ1v) is 5.58. The molecule has 6 nitrogen and oxygen atoms in total. The molecule has 0 radical (unpaired) electrons. The summed E-state index contributed by atoms with van der Waals surface area (Å²) < 4.78 is 10.2. The fourth-order valence-corrected chi connectivity index (χ4v) is 1.89. The van der Waals surface area contributed by atoms with Crippen LogP contribution in [0.2, 0.25) is 0 Å². The Hall–Kier alpha value is -2.08. The topological polar surface area (TPSA) is 84.6 Å². The van der Waals surface area contributed by atoms with Gasteiger partial charge in [-0.05, 0) is 12.1 Å². The number of carboxylic acid groups (broad SMARTS) is 1. The number of fused-ring (bicyclic) bond motifs is 1. The fraction of sp³-hybridized carbons (Fsp3) is 0.333. The third-order valence-corrected chi connectivity index (χ3v) is 3.17. The maximum absolute atomic E-state index is 11.1. The molecule has 0 amide bonds. The molecule has 6 heteroatoms. The molecule has 2 heterocycles. The average molecular weight is 248 g/mol. The van der Waals surface area contributed by atoms with Gasteiger partial charge in [-0.15, -0.1) is 0 Å². The number of aliphatic carboxylic acids is 1. The summed E-state index contributed by atoms with van der Waals surface area (Å²) in [7, 11) is 0. The Bertz CT molecular complexity index is 589. The van der Waals surface area contributed by atoms with Crippen molar-refractivity contribution in [2.75, 3.05) is 25.1 Å². The van der Waals surface area contributed by atoms with Gasteiger partial charge in [-0.1, -0.05) is 0 Å². The zero-order valence-corrected chi connectivity index (χ0v) is 9.55. The Morgan fingerprint density at radius 3 is 3.00 bits per heavy atom. The summed E-state index contributed by atoms with van der Waals surface area (Å²) in [6.07, 6.45) is 1.38. The number of ether oxygens (including phenoxy) is 1. The maximum Gasteiger partial charge on any atom is 0.316 e. The average Bonchev–Trinajstić information content (AvgIpc) is 2.74. The summed E-state index contributed by atoms with van der Waals surface area (Å²) >= 11 is 0. The van der Waals surface area contributed by atoms with E-state index in [2.05, 4.69) is 10.3 Å². The van der Waals surface area contributed by atoms with E-state index in [9.17, 15) is 4.79 Å². The second-order valence-electron chi connectivity index (χ2n) is 4.47. The molecule has 0 unspecified atom stereocenters. The second-order valence-corrected chi connectivity index (χ2v) is 4.47. The number of nitrogens with zero attached hydrogens (tertiary/aromatic N) is 1. The second kappa shape index (κ2) is 3.99. The third kappa shape index (κ3) is 1.70. The highest BCUT2D eigenvalue weighted by molar-refractivity contribution is 5.78. The van der Waals surface area contributed by atoms with Gasteiger partial charge in [0, 0.05) is 18.3 Å². The lowest BCUT2D eigenvalue weighted by Crippen LogP contribution is -2.53. The van der Waals surface area contributed by atoms with Crippen molar-refractivity contribution in [3.63, 3.8) is 0 Å². The molecule has 2 aromatic rings. The molecule has 0 bridgehead atoms. The number of hydrogen-bond acceptors (Lipinski definition) is 5. The van der Waals surface area contributed by atoms with Gasteiger partial charge in [0.25, 0.3) is 0 Å². The van der Waals surface area contributed by atoms with Gasteiger partial charge in [0.2, 0.25) is 0 Å². The first-order chi connectivity index (χ1) is 8.70. The Labute approximate surface area is 103 Å². The van der Waals surface area contributed by atoms with E-state index in [0.29, 0.717) is 12.1 Å².